The van der Waals surface area contributed by atoms with Gasteiger partial charge < -0.3 is 10.1 Å². The van der Waals surface area contributed by atoms with Gasteiger partial charge in [0, 0.05) is 0 Å². The highest BCUT2D eigenvalue weighted by atomic mass is 16.5. The van der Waals surface area contributed by atoms with E-state index in [1.807, 2.05) is 12.1 Å². The highest BCUT2D eigenvalue weighted by Gasteiger charge is 2.57. The number of carbonyl (C=O) groups excluding carboxylic acids is 2. The van der Waals surface area contributed by atoms with Gasteiger partial charge in [-0.1, -0.05) is 6.07 Å². The molecule has 3 fully saturated rings. The summed E-state index contributed by atoms with van der Waals surface area (Å²) in [5.74, 6) is -0.156. The SMILES string of the molecule is CCOC(=O)CC(=O)Nc1cc(C23CC(C2)C3)ccc1C#N. The standard InChI is InChI=1S/C17H18N2O3/c1-2-22-16(21)6-15(20)19-14-5-13(4-3-12(14)10-18)17-7-11(8-17)9-17/h3-5,11H,2,6-9H2,1H3,(H,19,20). The van der Waals surface area contributed by atoms with Gasteiger partial charge in [-0.3, -0.25) is 9.59 Å². The molecule has 5 heteroatoms. The lowest BCUT2D eigenvalue weighted by atomic mass is 9.42. The first-order chi connectivity index (χ1) is 10.6. The lowest BCUT2D eigenvalue weighted by Crippen LogP contribution is -2.55. The van der Waals surface area contributed by atoms with Crippen LogP contribution in [0.15, 0.2) is 18.2 Å². The lowest BCUT2D eigenvalue weighted by molar-refractivity contribution is -0.145. The number of nitrogens with zero attached hydrogens (tertiary/aromatic N) is 1. The molecule has 0 radical (unpaired) electrons. The van der Waals surface area contributed by atoms with Gasteiger partial charge in [0.1, 0.15) is 12.5 Å². The fraction of sp³-hybridized carbons (Fsp3) is 0.471. The van der Waals surface area contributed by atoms with Crippen LogP contribution in [-0.2, 0) is 19.7 Å². The molecule has 5 nitrogen and oxygen atoms in total. The maximum Gasteiger partial charge on any atom is 0.315 e. The van der Waals surface area contributed by atoms with Gasteiger partial charge in [-0.05, 0) is 55.2 Å². The van der Waals surface area contributed by atoms with E-state index >= 15 is 0 Å². The van der Waals surface area contributed by atoms with Crippen LogP contribution in [0.3, 0.4) is 0 Å². The smallest absolute Gasteiger partial charge is 0.315 e. The molecule has 2 bridgehead atoms. The average molecular weight is 298 g/mol. The maximum atomic E-state index is 11.9. The van der Waals surface area contributed by atoms with Crippen LogP contribution in [-0.4, -0.2) is 18.5 Å². The molecule has 0 saturated heterocycles. The molecule has 3 saturated carbocycles. The Labute approximate surface area is 129 Å². The van der Waals surface area contributed by atoms with Crippen LogP contribution in [0.1, 0.15) is 43.7 Å². The van der Waals surface area contributed by atoms with Crippen molar-refractivity contribution in [1.82, 2.24) is 0 Å². The molecular formula is C17H18N2O3. The summed E-state index contributed by atoms with van der Waals surface area (Å²) in [6, 6.07) is 7.69. The minimum Gasteiger partial charge on any atom is -0.466 e. The van der Waals surface area contributed by atoms with Crippen LogP contribution in [0.2, 0.25) is 0 Å². The lowest BCUT2D eigenvalue weighted by Gasteiger charge is -2.62. The molecule has 0 aliphatic heterocycles. The van der Waals surface area contributed by atoms with Crippen molar-refractivity contribution in [2.45, 2.75) is 38.0 Å². The number of carbonyl (C=O) groups is 2. The molecule has 4 rings (SSSR count). The summed E-state index contributed by atoms with van der Waals surface area (Å²) >= 11 is 0. The van der Waals surface area contributed by atoms with Gasteiger partial charge in [0.05, 0.1) is 17.9 Å². The molecule has 3 aliphatic rings. The van der Waals surface area contributed by atoms with E-state index < -0.39 is 11.9 Å². The predicted molar refractivity (Wildman–Crippen MR) is 80.1 cm³/mol. The van der Waals surface area contributed by atoms with E-state index in [1.165, 1.54) is 24.8 Å². The Morgan fingerprint density at radius 1 is 1.41 bits per heavy atom. The predicted octanol–water partition coefficient (Wildman–Crippen LogP) is 2.50. The van der Waals surface area contributed by atoms with E-state index in [9.17, 15) is 14.9 Å². The third-order valence-electron chi connectivity index (χ3n) is 4.67. The summed E-state index contributed by atoms with van der Waals surface area (Å²) in [5, 5.41) is 11.8. The van der Waals surface area contributed by atoms with Crippen molar-refractivity contribution in [1.29, 1.82) is 5.26 Å². The van der Waals surface area contributed by atoms with Crippen molar-refractivity contribution in [3.8, 4) is 6.07 Å². The van der Waals surface area contributed by atoms with Gasteiger partial charge in [0.2, 0.25) is 5.91 Å². The topological polar surface area (TPSA) is 79.2 Å². The monoisotopic (exact) mass is 298 g/mol. The number of nitriles is 1. The number of hydrogen-bond donors (Lipinski definition) is 1. The van der Waals surface area contributed by atoms with E-state index in [4.69, 9.17) is 4.74 Å². The van der Waals surface area contributed by atoms with Gasteiger partial charge in [0.25, 0.3) is 0 Å². The normalized spacial score (nSPS) is 24.5. The first-order valence-corrected chi connectivity index (χ1v) is 7.56. The van der Waals surface area contributed by atoms with Crippen molar-refractivity contribution in [2.75, 3.05) is 11.9 Å². The zero-order chi connectivity index (χ0) is 15.7. The first-order valence-electron chi connectivity index (χ1n) is 7.56. The van der Waals surface area contributed by atoms with E-state index in [0.29, 0.717) is 11.3 Å². The summed E-state index contributed by atoms with van der Waals surface area (Å²) < 4.78 is 4.75. The molecule has 1 aromatic carbocycles. The Morgan fingerprint density at radius 3 is 2.68 bits per heavy atom. The zero-order valence-corrected chi connectivity index (χ0v) is 12.5. The Bertz CT molecular complexity index is 658. The summed E-state index contributed by atoms with van der Waals surface area (Å²) in [7, 11) is 0. The number of ether oxygens (including phenoxy) is 1. The molecule has 1 aromatic rings. The van der Waals surface area contributed by atoms with Crippen LogP contribution >= 0.6 is 0 Å². The molecule has 1 N–H and O–H groups in total. The van der Waals surface area contributed by atoms with Gasteiger partial charge in [-0.25, -0.2) is 0 Å². The molecule has 0 unspecified atom stereocenters. The second-order valence-corrected chi connectivity index (χ2v) is 6.16. The second kappa shape index (κ2) is 5.45. The van der Waals surface area contributed by atoms with Crippen LogP contribution in [0.4, 0.5) is 5.69 Å². The van der Waals surface area contributed by atoms with Crippen LogP contribution < -0.4 is 5.32 Å². The minimum atomic E-state index is -0.561. The van der Waals surface area contributed by atoms with Crippen LogP contribution in [0, 0.1) is 17.2 Å². The van der Waals surface area contributed by atoms with Gasteiger partial charge in [0.15, 0.2) is 0 Å². The number of anilines is 1. The molecule has 1 amide bonds. The maximum absolute atomic E-state index is 11.9. The highest BCUT2D eigenvalue weighted by Crippen LogP contribution is 2.65. The Kier molecular flexibility index (Phi) is 3.61. The van der Waals surface area contributed by atoms with Crippen LogP contribution in [0.5, 0.6) is 0 Å². The third-order valence-corrected chi connectivity index (χ3v) is 4.67. The van der Waals surface area contributed by atoms with Crippen molar-refractivity contribution in [2.24, 2.45) is 5.92 Å². The summed E-state index contributed by atoms with van der Waals surface area (Å²) in [6.45, 7) is 1.94. The Balaban J connectivity index is 1.74. The molecule has 22 heavy (non-hydrogen) atoms. The van der Waals surface area contributed by atoms with Crippen molar-refractivity contribution in [3.63, 3.8) is 0 Å². The third kappa shape index (κ3) is 2.45. The molecule has 0 aromatic heterocycles. The molecule has 0 spiro atoms. The quantitative estimate of drug-likeness (QED) is 0.669. The van der Waals surface area contributed by atoms with Crippen molar-refractivity contribution < 1.29 is 14.3 Å². The molecule has 0 heterocycles. The van der Waals surface area contributed by atoms with Gasteiger partial charge >= 0.3 is 5.97 Å². The number of esters is 1. The van der Waals surface area contributed by atoms with Gasteiger partial charge in [-0.2, -0.15) is 5.26 Å². The number of hydrogen-bond acceptors (Lipinski definition) is 4. The van der Waals surface area contributed by atoms with E-state index in [2.05, 4.69) is 11.4 Å². The molecule has 114 valence electrons. The summed E-state index contributed by atoms with van der Waals surface area (Å²) in [5.41, 5.74) is 2.34. The number of benzene rings is 1. The van der Waals surface area contributed by atoms with Gasteiger partial charge in [-0.15, -0.1) is 0 Å². The van der Waals surface area contributed by atoms with E-state index in [0.717, 1.165) is 5.92 Å². The van der Waals surface area contributed by atoms with E-state index in [-0.39, 0.29) is 18.4 Å². The zero-order valence-electron chi connectivity index (χ0n) is 12.5. The number of rotatable bonds is 5. The highest BCUT2D eigenvalue weighted by molar-refractivity contribution is 6.02. The Hall–Kier alpha value is -2.35. The molecular weight excluding hydrogens is 280 g/mol. The minimum absolute atomic E-state index is 0.245. The first kappa shape index (κ1) is 14.6. The van der Waals surface area contributed by atoms with Crippen molar-refractivity contribution >= 4 is 17.6 Å². The average Bonchev–Trinajstić information content (AvgIpc) is 2.35. The fourth-order valence-corrected chi connectivity index (χ4v) is 3.44. The van der Waals surface area contributed by atoms with Crippen molar-refractivity contribution in [3.05, 3.63) is 29.3 Å². The summed E-state index contributed by atoms with van der Waals surface area (Å²) in [4.78, 5) is 23.2. The number of amides is 1. The fourth-order valence-electron chi connectivity index (χ4n) is 3.44. The number of nitrogens with one attached hydrogen (secondary N) is 1. The molecule has 3 aliphatic carbocycles. The summed E-state index contributed by atoms with van der Waals surface area (Å²) in [6.07, 6.45) is 3.27. The Morgan fingerprint density at radius 2 is 2.14 bits per heavy atom. The van der Waals surface area contributed by atoms with E-state index in [1.54, 1.807) is 13.0 Å². The largest absolute Gasteiger partial charge is 0.466 e. The molecule has 0 atom stereocenters. The second-order valence-electron chi connectivity index (χ2n) is 6.16. The van der Waals surface area contributed by atoms with Crippen LogP contribution in [0.25, 0.3) is 0 Å².